The van der Waals surface area contributed by atoms with Gasteiger partial charge in [-0.1, -0.05) is 0 Å². The third-order valence-electron chi connectivity index (χ3n) is 1.59. The summed E-state index contributed by atoms with van der Waals surface area (Å²) in [6, 6.07) is 0. The second-order valence-corrected chi connectivity index (χ2v) is 2.91. The fraction of sp³-hybridized carbons (Fsp3) is 0.857. The number of aliphatic hydroxyl groups excluding tert-OH is 2. The van der Waals surface area contributed by atoms with E-state index >= 15 is 0 Å². The lowest BCUT2D eigenvalue weighted by atomic mass is 9.93. The molecule has 0 aliphatic rings. The number of carbonyl (C=O) groups is 1. The number of carbonyl (C=O) groups excluding carboxylic acids is 1. The van der Waals surface area contributed by atoms with E-state index in [1.54, 1.807) is 0 Å². The molecule has 0 saturated carbocycles. The van der Waals surface area contributed by atoms with Gasteiger partial charge in [-0.15, -0.1) is 0 Å². The Morgan fingerprint density at radius 2 is 2.00 bits per heavy atom. The van der Waals surface area contributed by atoms with Gasteiger partial charge in [0.1, 0.15) is 12.4 Å². The molecule has 0 aromatic carbocycles. The van der Waals surface area contributed by atoms with Crippen LogP contribution >= 0.6 is 0 Å². The second kappa shape index (κ2) is 3.80. The number of aliphatic hydroxyl groups is 3. The van der Waals surface area contributed by atoms with Gasteiger partial charge in [0.05, 0.1) is 11.7 Å². The van der Waals surface area contributed by atoms with Crippen LogP contribution in [0.5, 0.6) is 0 Å². The first-order valence-electron chi connectivity index (χ1n) is 3.44. The highest BCUT2D eigenvalue weighted by Gasteiger charge is 2.32. The van der Waals surface area contributed by atoms with Gasteiger partial charge in [-0.05, 0) is 13.8 Å². The van der Waals surface area contributed by atoms with Crippen molar-refractivity contribution in [2.75, 3.05) is 0 Å². The Morgan fingerprint density at radius 1 is 1.55 bits per heavy atom. The Morgan fingerprint density at radius 3 is 2.27 bits per heavy atom. The van der Waals surface area contributed by atoms with Gasteiger partial charge in [-0.3, -0.25) is 0 Å². The Balaban J connectivity index is 4.15. The zero-order valence-electron chi connectivity index (χ0n) is 6.69. The van der Waals surface area contributed by atoms with Crippen LogP contribution in [-0.4, -0.2) is 39.4 Å². The van der Waals surface area contributed by atoms with E-state index in [4.69, 9.17) is 10.2 Å². The van der Waals surface area contributed by atoms with Gasteiger partial charge in [0.25, 0.3) is 0 Å². The minimum atomic E-state index is -1.53. The van der Waals surface area contributed by atoms with E-state index in [9.17, 15) is 9.90 Å². The number of hydrogen-bond donors (Lipinski definition) is 3. The van der Waals surface area contributed by atoms with Gasteiger partial charge in [0.2, 0.25) is 0 Å². The van der Waals surface area contributed by atoms with Gasteiger partial charge in [-0.25, -0.2) is 0 Å². The molecule has 0 aromatic heterocycles. The number of hydrogen-bond acceptors (Lipinski definition) is 4. The van der Waals surface area contributed by atoms with Crippen LogP contribution in [0.3, 0.4) is 0 Å². The summed E-state index contributed by atoms with van der Waals surface area (Å²) in [7, 11) is 0. The van der Waals surface area contributed by atoms with Gasteiger partial charge >= 0.3 is 0 Å². The largest absolute Gasteiger partial charge is 0.391 e. The van der Waals surface area contributed by atoms with Crippen LogP contribution in [0.15, 0.2) is 0 Å². The molecule has 0 radical (unpaired) electrons. The molecular weight excluding hydrogens is 148 g/mol. The molecule has 0 aromatic rings. The van der Waals surface area contributed by atoms with E-state index < -0.39 is 17.8 Å². The quantitative estimate of drug-likeness (QED) is 0.467. The summed E-state index contributed by atoms with van der Waals surface area (Å²) in [6.07, 6.45) is -2.00. The van der Waals surface area contributed by atoms with Gasteiger partial charge in [0, 0.05) is 6.42 Å². The highest BCUT2D eigenvalue weighted by molar-refractivity contribution is 5.51. The van der Waals surface area contributed by atoms with E-state index in [2.05, 4.69) is 0 Å². The summed E-state index contributed by atoms with van der Waals surface area (Å²) in [5.41, 5.74) is -1.53. The number of rotatable bonds is 4. The average Bonchev–Trinajstić information content (AvgIpc) is 1.86. The fourth-order valence-corrected chi connectivity index (χ4v) is 0.809. The van der Waals surface area contributed by atoms with Crippen molar-refractivity contribution in [3.63, 3.8) is 0 Å². The molecule has 4 nitrogen and oxygen atoms in total. The van der Waals surface area contributed by atoms with Crippen molar-refractivity contribution >= 4 is 6.29 Å². The van der Waals surface area contributed by atoms with Gasteiger partial charge < -0.3 is 20.1 Å². The van der Waals surface area contributed by atoms with Crippen molar-refractivity contribution in [3.8, 4) is 0 Å². The van der Waals surface area contributed by atoms with Crippen molar-refractivity contribution in [2.45, 2.75) is 38.1 Å². The standard InChI is InChI=1S/C7H14O4/c1-5(9)6(10)7(2,11)3-4-8/h4-6,9-11H,3H2,1-2H3/t5-,6-,7+/m1/s1. The van der Waals surface area contributed by atoms with Crippen molar-refractivity contribution in [2.24, 2.45) is 0 Å². The highest BCUT2D eigenvalue weighted by atomic mass is 16.4. The Hall–Kier alpha value is -0.450. The van der Waals surface area contributed by atoms with Crippen LogP contribution in [0.25, 0.3) is 0 Å². The summed E-state index contributed by atoms with van der Waals surface area (Å²) in [5, 5.41) is 27.3. The van der Waals surface area contributed by atoms with Crippen LogP contribution in [-0.2, 0) is 4.79 Å². The zero-order valence-corrected chi connectivity index (χ0v) is 6.69. The van der Waals surface area contributed by atoms with Crippen molar-refractivity contribution < 1.29 is 20.1 Å². The lowest BCUT2D eigenvalue weighted by molar-refractivity contribution is -0.129. The van der Waals surface area contributed by atoms with E-state index in [0.29, 0.717) is 6.29 Å². The van der Waals surface area contributed by atoms with Crippen LogP contribution in [0, 0.1) is 0 Å². The van der Waals surface area contributed by atoms with Gasteiger partial charge in [0.15, 0.2) is 0 Å². The Labute approximate surface area is 65.5 Å². The Kier molecular flexibility index (Phi) is 3.65. The second-order valence-electron chi connectivity index (χ2n) is 2.91. The van der Waals surface area contributed by atoms with E-state index in [0.717, 1.165) is 0 Å². The lowest BCUT2D eigenvalue weighted by Gasteiger charge is -2.28. The van der Waals surface area contributed by atoms with Crippen molar-refractivity contribution in [1.29, 1.82) is 0 Å². The maximum absolute atomic E-state index is 9.99. The smallest absolute Gasteiger partial charge is 0.122 e. The molecule has 0 fully saturated rings. The van der Waals surface area contributed by atoms with Crippen LogP contribution in [0.2, 0.25) is 0 Å². The molecule has 0 bridgehead atoms. The first-order chi connectivity index (χ1) is 4.91. The first kappa shape index (κ1) is 10.6. The average molecular weight is 162 g/mol. The molecule has 0 aliphatic carbocycles. The van der Waals surface area contributed by atoms with Crippen molar-refractivity contribution in [3.05, 3.63) is 0 Å². The summed E-state index contributed by atoms with van der Waals surface area (Å²) >= 11 is 0. The molecule has 0 aliphatic heterocycles. The zero-order chi connectivity index (χ0) is 9.07. The maximum Gasteiger partial charge on any atom is 0.122 e. The minimum absolute atomic E-state index is 0.181. The molecule has 4 heteroatoms. The first-order valence-corrected chi connectivity index (χ1v) is 3.44. The normalized spacial score (nSPS) is 21.9. The third-order valence-corrected chi connectivity index (χ3v) is 1.59. The van der Waals surface area contributed by atoms with Gasteiger partial charge in [-0.2, -0.15) is 0 Å². The molecule has 0 heterocycles. The SMILES string of the molecule is C[C@@H](O)[C@@H](O)[C@@](C)(O)CC=O. The predicted octanol–water partition coefficient (Wildman–Crippen LogP) is -0.932. The third kappa shape index (κ3) is 2.96. The molecule has 0 unspecified atom stereocenters. The molecule has 0 rings (SSSR count). The molecule has 0 amide bonds. The lowest BCUT2D eigenvalue weighted by Crippen LogP contribution is -2.46. The maximum atomic E-state index is 9.99. The van der Waals surface area contributed by atoms with Crippen LogP contribution in [0.1, 0.15) is 20.3 Å². The molecular formula is C7H14O4. The minimum Gasteiger partial charge on any atom is -0.391 e. The number of aldehydes is 1. The molecule has 0 saturated heterocycles. The topological polar surface area (TPSA) is 77.8 Å². The summed E-state index contributed by atoms with van der Waals surface area (Å²) < 4.78 is 0. The summed E-state index contributed by atoms with van der Waals surface area (Å²) in [5.74, 6) is 0. The van der Waals surface area contributed by atoms with Crippen molar-refractivity contribution in [1.82, 2.24) is 0 Å². The Bertz CT molecular complexity index is 130. The van der Waals surface area contributed by atoms with E-state index in [1.807, 2.05) is 0 Å². The van der Waals surface area contributed by atoms with Crippen LogP contribution < -0.4 is 0 Å². The molecule has 66 valence electrons. The molecule has 11 heavy (non-hydrogen) atoms. The molecule has 0 spiro atoms. The monoisotopic (exact) mass is 162 g/mol. The van der Waals surface area contributed by atoms with E-state index in [1.165, 1.54) is 13.8 Å². The van der Waals surface area contributed by atoms with E-state index in [-0.39, 0.29) is 6.42 Å². The predicted molar refractivity (Wildman–Crippen MR) is 39.0 cm³/mol. The molecule has 3 atom stereocenters. The fourth-order valence-electron chi connectivity index (χ4n) is 0.809. The summed E-state index contributed by atoms with van der Waals surface area (Å²) in [4.78, 5) is 9.99. The summed E-state index contributed by atoms with van der Waals surface area (Å²) in [6.45, 7) is 2.66. The highest BCUT2D eigenvalue weighted by Crippen LogP contribution is 2.15. The molecule has 3 N–H and O–H groups in total. The van der Waals surface area contributed by atoms with Crippen LogP contribution in [0.4, 0.5) is 0 Å².